The summed E-state index contributed by atoms with van der Waals surface area (Å²) in [6.45, 7) is 6.28. The van der Waals surface area contributed by atoms with E-state index in [1.807, 2.05) is 24.3 Å². The molecule has 0 bridgehead atoms. The quantitative estimate of drug-likeness (QED) is 0.259. The molecule has 0 unspecified atom stereocenters. The molecule has 29 heavy (non-hydrogen) atoms. The fraction of sp³-hybridized carbons (Fsp3) is 0.292. The van der Waals surface area contributed by atoms with Crippen molar-refractivity contribution < 1.29 is 18.7 Å². The van der Waals surface area contributed by atoms with Gasteiger partial charge in [0.05, 0.1) is 13.2 Å². The monoisotopic (exact) mass is 395 g/mol. The van der Waals surface area contributed by atoms with E-state index in [4.69, 9.17) is 9.47 Å². The molecule has 1 aromatic heterocycles. The van der Waals surface area contributed by atoms with Crippen molar-refractivity contribution in [2.24, 2.45) is 0 Å². The van der Waals surface area contributed by atoms with E-state index in [9.17, 15) is 9.18 Å². The fourth-order valence-corrected chi connectivity index (χ4v) is 3.02. The van der Waals surface area contributed by atoms with Gasteiger partial charge in [-0.1, -0.05) is 6.58 Å². The van der Waals surface area contributed by atoms with Crippen molar-refractivity contribution in [3.63, 3.8) is 0 Å². The second kappa shape index (κ2) is 9.92. The number of rotatable bonds is 10. The minimum Gasteiger partial charge on any atom is -0.494 e. The number of H-pyrrole nitrogens is 1. The van der Waals surface area contributed by atoms with Gasteiger partial charge in [-0.2, -0.15) is 0 Å². The number of aromatic amines is 1. The zero-order valence-electron chi connectivity index (χ0n) is 16.7. The number of hydrogen-bond donors (Lipinski definition) is 1. The molecule has 0 spiro atoms. The smallest absolute Gasteiger partial charge is 0.333 e. The molecule has 3 rings (SSSR count). The van der Waals surface area contributed by atoms with Crippen LogP contribution in [0.15, 0.2) is 60.7 Å². The van der Waals surface area contributed by atoms with Gasteiger partial charge in [0.25, 0.3) is 0 Å². The highest BCUT2D eigenvalue weighted by molar-refractivity contribution is 5.87. The summed E-state index contributed by atoms with van der Waals surface area (Å²) >= 11 is 0. The Kier molecular flexibility index (Phi) is 7.06. The minimum atomic E-state index is -0.323. The maximum Gasteiger partial charge on any atom is 0.333 e. The normalized spacial score (nSPS) is 10.8. The number of benzene rings is 2. The number of nitrogens with one attached hydrogen (secondary N) is 1. The summed E-state index contributed by atoms with van der Waals surface area (Å²) in [5.41, 5.74) is 3.34. The van der Waals surface area contributed by atoms with Gasteiger partial charge in [0.1, 0.15) is 11.6 Å². The first-order valence-corrected chi connectivity index (χ1v) is 9.87. The number of unbranched alkanes of at least 4 members (excludes halogenated alkanes) is 3. The van der Waals surface area contributed by atoms with Gasteiger partial charge in [-0.05, 0) is 86.7 Å². The largest absolute Gasteiger partial charge is 0.494 e. The lowest BCUT2D eigenvalue weighted by atomic mass is 10.1. The van der Waals surface area contributed by atoms with Crippen LogP contribution in [0.3, 0.4) is 0 Å². The standard InChI is InChI=1S/C24H26FNO3/c1-17(2)24(27)29-14-6-4-3-5-13-28-21-11-12-22-19(15-21)16-23(26-22)18-7-9-20(25)10-8-18/h7-12,15-16,26H,1,3-6,13-14H2,2H3. The third-order valence-electron chi connectivity index (χ3n) is 4.64. The molecule has 0 fully saturated rings. The summed E-state index contributed by atoms with van der Waals surface area (Å²) < 4.78 is 24.0. The van der Waals surface area contributed by atoms with Crippen LogP contribution in [0, 0.1) is 5.82 Å². The average Bonchev–Trinajstić information content (AvgIpc) is 3.13. The van der Waals surface area contributed by atoms with E-state index in [1.165, 1.54) is 12.1 Å². The maximum atomic E-state index is 13.1. The van der Waals surface area contributed by atoms with Gasteiger partial charge < -0.3 is 14.5 Å². The van der Waals surface area contributed by atoms with E-state index in [-0.39, 0.29) is 11.8 Å². The van der Waals surface area contributed by atoms with Crippen molar-refractivity contribution in [3.05, 3.63) is 66.5 Å². The first kappa shape index (κ1) is 20.6. The number of ether oxygens (including phenoxy) is 2. The first-order chi connectivity index (χ1) is 14.0. The first-order valence-electron chi connectivity index (χ1n) is 9.87. The van der Waals surface area contributed by atoms with E-state index in [1.54, 1.807) is 19.1 Å². The van der Waals surface area contributed by atoms with Crippen LogP contribution in [0.5, 0.6) is 5.75 Å². The third-order valence-corrected chi connectivity index (χ3v) is 4.64. The summed E-state index contributed by atoms with van der Waals surface area (Å²) in [7, 11) is 0. The van der Waals surface area contributed by atoms with Gasteiger partial charge in [0, 0.05) is 22.2 Å². The Bertz CT molecular complexity index is 975. The van der Waals surface area contributed by atoms with Gasteiger partial charge in [0.15, 0.2) is 0 Å². The van der Waals surface area contributed by atoms with Crippen molar-refractivity contribution in [2.45, 2.75) is 32.6 Å². The highest BCUT2D eigenvalue weighted by Crippen LogP contribution is 2.27. The zero-order valence-corrected chi connectivity index (χ0v) is 16.7. The Labute approximate surface area is 170 Å². The van der Waals surface area contributed by atoms with E-state index in [0.29, 0.717) is 18.8 Å². The molecule has 0 aliphatic heterocycles. The number of halogens is 1. The minimum absolute atomic E-state index is 0.242. The second-order valence-electron chi connectivity index (χ2n) is 7.12. The second-order valence-corrected chi connectivity index (χ2v) is 7.12. The number of aromatic nitrogens is 1. The number of hydrogen-bond acceptors (Lipinski definition) is 3. The molecular formula is C24H26FNO3. The van der Waals surface area contributed by atoms with Crippen molar-refractivity contribution >= 4 is 16.9 Å². The lowest BCUT2D eigenvalue weighted by molar-refractivity contribution is -0.139. The lowest BCUT2D eigenvalue weighted by Crippen LogP contribution is -2.06. The fourth-order valence-electron chi connectivity index (χ4n) is 3.02. The Hall–Kier alpha value is -3.08. The van der Waals surface area contributed by atoms with Crippen LogP contribution >= 0.6 is 0 Å². The zero-order chi connectivity index (χ0) is 20.6. The van der Waals surface area contributed by atoms with Gasteiger partial charge >= 0.3 is 5.97 Å². The molecule has 5 heteroatoms. The van der Waals surface area contributed by atoms with Crippen LogP contribution in [0.4, 0.5) is 4.39 Å². The molecule has 0 saturated heterocycles. The Balaban J connectivity index is 1.42. The predicted octanol–water partition coefficient (Wildman–Crippen LogP) is 6.03. The molecule has 0 aliphatic rings. The van der Waals surface area contributed by atoms with Gasteiger partial charge in [-0.25, -0.2) is 9.18 Å². The van der Waals surface area contributed by atoms with E-state index >= 15 is 0 Å². The van der Waals surface area contributed by atoms with Crippen LogP contribution in [0.1, 0.15) is 32.6 Å². The molecule has 152 valence electrons. The molecule has 0 atom stereocenters. The molecule has 3 aromatic rings. The van der Waals surface area contributed by atoms with Crippen LogP contribution in [0.2, 0.25) is 0 Å². The summed E-state index contributed by atoms with van der Waals surface area (Å²) in [4.78, 5) is 14.6. The van der Waals surface area contributed by atoms with Gasteiger partial charge in [-0.15, -0.1) is 0 Å². The maximum absolute atomic E-state index is 13.1. The summed E-state index contributed by atoms with van der Waals surface area (Å²) in [6, 6.07) is 14.4. The topological polar surface area (TPSA) is 51.3 Å². The SMILES string of the molecule is C=C(C)C(=O)OCCCCCCOc1ccc2[nH]c(-c3ccc(F)cc3)cc2c1. The molecule has 0 aliphatic carbocycles. The summed E-state index contributed by atoms with van der Waals surface area (Å²) in [5.74, 6) is 0.266. The highest BCUT2D eigenvalue weighted by Gasteiger charge is 2.06. The highest BCUT2D eigenvalue weighted by atomic mass is 19.1. The molecule has 1 N–H and O–H groups in total. The summed E-state index contributed by atoms with van der Waals surface area (Å²) in [5, 5.41) is 1.06. The van der Waals surface area contributed by atoms with Crippen LogP contribution in [-0.2, 0) is 9.53 Å². The molecule has 2 aromatic carbocycles. The van der Waals surface area contributed by atoms with Crippen molar-refractivity contribution in [1.29, 1.82) is 0 Å². The summed E-state index contributed by atoms with van der Waals surface area (Å²) in [6.07, 6.45) is 3.80. The van der Waals surface area contributed by atoms with Crippen molar-refractivity contribution in [2.75, 3.05) is 13.2 Å². The Morgan fingerprint density at radius 3 is 2.45 bits per heavy atom. The molecule has 1 heterocycles. The Morgan fingerprint density at radius 1 is 1.00 bits per heavy atom. The molecular weight excluding hydrogens is 369 g/mol. The molecule has 0 radical (unpaired) electrons. The average molecular weight is 395 g/mol. The molecule has 0 amide bonds. The van der Waals surface area contributed by atoms with Gasteiger partial charge in [0.2, 0.25) is 0 Å². The number of esters is 1. The van der Waals surface area contributed by atoms with Crippen molar-refractivity contribution in [1.82, 2.24) is 4.98 Å². The van der Waals surface area contributed by atoms with Crippen LogP contribution in [-0.4, -0.2) is 24.2 Å². The number of carbonyl (C=O) groups is 1. The van der Waals surface area contributed by atoms with Gasteiger partial charge in [-0.3, -0.25) is 0 Å². The van der Waals surface area contributed by atoms with Crippen LogP contribution < -0.4 is 4.74 Å². The third kappa shape index (κ3) is 5.95. The predicted molar refractivity (Wildman–Crippen MR) is 113 cm³/mol. The van der Waals surface area contributed by atoms with Crippen molar-refractivity contribution in [3.8, 4) is 17.0 Å². The Morgan fingerprint density at radius 2 is 1.72 bits per heavy atom. The number of carbonyl (C=O) groups excluding carboxylic acids is 1. The lowest BCUT2D eigenvalue weighted by Gasteiger charge is -2.07. The van der Waals surface area contributed by atoms with E-state index in [2.05, 4.69) is 11.6 Å². The van der Waals surface area contributed by atoms with E-state index < -0.39 is 0 Å². The molecule has 4 nitrogen and oxygen atoms in total. The van der Waals surface area contributed by atoms with E-state index in [0.717, 1.165) is 53.6 Å². The molecule has 0 saturated carbocycles. The van der Waals surface area contributed by atoms with Crippen LogP contribution in [0.25, 0.3) is 22.2 Å². The number of fused-ring (bicyclic) bond motifs is 1.